The summed E-state index contributed by atoms with van der Waals surface area (Å²) in [6.45, 7) is 4.66. The van der Waals surface area contributed by atoms with E-state index in [0.29, 0.717) is 6.04 Å². The lowest BCUT2D eigenvalue weighted by Crippen LogP contribution is -2.37. The highest BCUT2D eigenvalue weighted by Crippen LogP contribution is 2.30. The van der Waals surface area contributed by atoms with E-state index < -0.39 is 0 Å². The average Bonchev–Trinajstić information content (AvgIpc) is 3.24. The van der Waals surface area contributed by atoms with Crippen molar-refractivity contribution < 1.29 is 0 Å². The number of hydrogen-bond donors (Lipinski definition) is 1. The molecule has 1 aliphatic rings. The predicted molar refractivity (Wildman–Crippen MR) is 154 cm³/mol. The van der Waals surface area contributed by atoms with Crippen LogP contribution in [-0.2, 0) is 0 Å². The molecule has 2 unspecified atom stereocenters. The van der Waals surface area contributed by atoms with Gasteiger partial charge in [0.25, 0.3) is 0 Å². The molecule has 32 heavy (non-hydrogen) atoms. The summed E-state index contributed by atoms with van der Waals surface area (Å²) in [6.07, 6.45) is 21.3. The fraction of sp³-hybridized carbons (Fsp3) is 0.786. The lowest BCUT2D eigenvalue weighted by Gasteiger charge is -2.30. The van der Waals surface area contributed by atoms with Crippen LogP contribution in [0.5, 0.6) is 0 Å². The summed E-state index contributed by atoms with van der Waals surface area (Å²) in [4.78, 5) is 5.03. The number of halogens is 1. The van der Waals surface area contributed by atoms with E-state index in [9.17, 15) is 0 Å². The van der Waals surface area contributed by atoms with Gasteiger partial charge in [-0.2, -0.15) is 0 Å². The van der Waals surface area contributed by atoms with Gasteiger partial charge in [-0.3, -0.25) is 0 Å². The van der Waals surface area contributed by atoms with Crippen LogP contribution in [0.2, 0.25) is 0 Å². The molecule has 1 heterocycles. The topological polar surface area (TPSA) is 32.5 Å². The first kappa shape index (κ1) is 29.5. The van der Waals surface area contributed by atoms with Gasteiger partial charge in [0, 0.05) is 30.5 Å². The second kappa shape index (κ2) is 17.9. The van der Waals surface area contributed by atoms with Crippen molar-refractivity contribution in [1.82, 2.24) is 4.90 Å². The van der Waals surface area contributed by atoms with Crippen molar-refractivity contribution in [2.75, 3.05) is 37.8 Å². The van der Waals surface area contributed by atoms with Gasteiger partial charge in [0.2, 0.25) is 0 Å². The van der Waals surface area contributed by atoms with Crippen molar-refractivity contribution >= 4 is 35.4 Å². The zero-order valence-electron chi connectivity index (χ0n) is 21.4. The molecule has 1 fully saturated rings. The molecular formula is C28H52IN3. The SMILES string of the molecule is CCCCCCCCCCCCCCCC(C1CCN(c2ccc(N)cc2)C1)N(C)C.I. The molecule has 2 atom stereocenters. The minimum absolute atomic E-state index is 0. The van der Waals surface area contributed by atoms with Gasteiger partial charge in [-0.25, -0.2) is 0 Å². The molecule has 3 nitrogen and oxygen atoms in total. The van der Waals surface area contributed by atoms with Crippen LogP contribution < -0.4 is 10.6 Å². The van der Waals surface area contributed by atoms with Gasteiger partial charge in [-0.05, 0) is 57.1 Å². The average molecular weight is 558 g/mol. The van der Waals surface area contributed by atoms with Crippen LogP contribution in [0, 0.1) is 5.92 Å². The van der Waals surface area contributed by atoms with Crippen LogP contribution >= 0.6 is 24.0 Å². The van der Waals surface area contributed by atoms with Gasteiger partial charge < -0.3 is 15.5 Å². The minimum atomic E-state index is 0. The molecule has 0 radical (unpaired) electrons. The number of hydrogen-bond acceptors (Lipinski definition) is 3. The zero-order valence-corrected chi connectivity index (χ0v) is 23.7. The molecule has 0 spiro atoms. The number of unbranched alkanes of at least 4 members (excludes halogenated alkanes) is 12. The van der Waals surface area contributed by atoms with Crippen LogP contribution in [0.3, 0.4) is 0 Å². The highest BCUT2D eigenvalue weighted by molar-refractivity contribution is 14.0. The normalized spacial score (nSPS) is 17.0. The van der Waals surface area contributed by atoms with Crippen LogP contribution in [0.15, 0.2) is 24.3 Å². The molecule has 0 amide bonds. The number of benzene rings is 1. The van der Waals surface area contributed by atoms with E-state index in [1.165, 1.54) is 115 Å². The molecule has 0 bridgehead atoms. The molecule has 0 saturated carbocycles. The van der Waals surface area contributed by atoms with Gasteiger partial charge in [-0.15, -0.1) is 24.0 Å². The standard InChI is InChI=1S/C28H51N3.HI/c1-4-5-6-7-8-9-10-11-12-13-14-15-16-17-28(30(2)3)25-22-23-31(24-25)27-20-18-26(29)19-21-27;/h18-21,25,28H,4-17,22-24,29H2,1-3H3;1H. The van der Waals surface area contributed by atoms with E-state index in [2.05, 4.69) is 43.0 Å². The molecule has 1 aliphatic heterocycles. The molecule has 2 N–H and O–H groups in total. The maximum Gasteiger partial charge on any atom is 0.0367 e. The first-order valence-corrected chi connectivity index (χ1v) is 13.4. The third kappa shape index (κ3) is 11.6. The summed E-state index contributed by atoms with van der Waals surface area (Å²) < 4.78 is 0. The third-order valence-corrected chi connectivity index (χ3v) is 7.29. The Kier molecular flexibility index (Phi) is 16.5. The predicted octanol–water partition coefficient (Wildman–Crippen LogP) is 8.12. The summed E-state index contributed by atoms with van der Waals surface area (Å²) in [7, 11) is 4.55. The van der Waals surface area contributed by atoms with Crippen LogP contribution in [0.25, 0.3) is 0 Å². The maximum absolute atomic E-state index is 5.86. The van der Waals surface area contributed by atoms with Crippen molar-refractivity contribution in [1.29, 1.82) is 0 Å². The summed E-state index contributed by atoms with van der Waals surface area (Å²) in [6, 6.07) is 9.12. The number of rotatable bonds is 17. The Morgan fingerprint density at radius 1 is 0.844 bits per heavy atom. The van der Waals surface area contributed by atoms with Crippen LogP contribution in [0.1, 0.15) is 103 Å². The molecule has 2 rings (SSSR count). The second-order valence-corrected chi connectivity index (χ2v) is 10.1. The third-order valence-electron chi connectivity index (χ3n) is 7.29. The summed E-state index contributed by atoms with van der Waals surface area (Å²) in [5, 5.41) is 0. The van der Waals surface area contributed by atoms with Crippen LogP contribution in [0.4, 0.5) is 11.4 Å². The van der Waals surface area contributed by atoms with E-state index in [1.807, 2.05) is 12.1 Å². The van der Waals surface area contributed by atoms with Gasteiger partial charge in [0.05, 0.1) is 0 Å². The van der Waals surface area contributed by atoms with E-state index in [-0.39, 0.29) is 24.0 Å². The zero-order chi connectivity index (χ0) is 22.3. The van der Waals surface area contributed by atoms with Gasteiger partial charge >= 0.3 is 0 Å². The lowest BCUT2D eigenvalue weighted by atomic mass is 9.92. The summed E-state index contributed by atoms with van der Waals surface area (Å²) in [5.41, 5.74) is 8.04. The maximum atomic E-state index is 5.86. The molecule has 1 aromatic rings. The van der Waals surface area contributed by atoms with E-state index in [0.717, 1.165) is 11.6 Å². The lowest BCUT2D eigenvalue weighted by molar-refractivity contribution is 0.203. The first-order chi connectivity index (χ1) is 15.1. The smallest absolute Gasteiger partial charge is 0.0367 e. The second-order valence-electron chi connectivity index (χ2n) is 10.1. The Hall–Kier alpha value is -0.490. The Bertz CT molecular complexity index is 560. The quantitative estimate of drug-likeness (QED) is 0.119. The fourth-order valence-electron chi connectivity index (χ4n) is 5.31. The summed E-state index contributed by atoms with van der Waals surface area (Å²) in [5.74, 6) is 0.782. The Morgan fingerprint density at radius 2 is 1.34 bits per heavy atom. The van der Waals surface area contributed by atoms with E-state index >= 15 is 0 Å². The highest BCUT2D eigenvalue weighted by atomic mass is 127. The number of nitrogens with two attached hydrogens (primary N) is 1. The number of nitrogens with zero attached hydrogens (tertiary/aromatic N) is 2. The van der Waals surface area contributed by atoms with E-state index in [4.69, 9.17) is 5.73 Å². The van der Waals surface area contributed by atoms with E-state index in [1.54, 1.807) is 0 Å². The van der Waals surface area contributed by atoms with Crippen molar-refractivity contribution in [2.24, 2.45) is 5.92 Å². The Balaban J connectivity index is 0.00000512. The molecule has 1 aromatic carbocycles. The Morgan fingerprint density at radius 3 is 1.84 bits per heavy atom. The summed E-state index contributed by atoms with van der Waals surface area (Å²) >= 11 is 0. The minimum Gasteiger partial charge on any atom is -0.399 e. The number of nitrogen functional groups attached to an aromatic ring is 1. The van der Waals surface area contributed by atoms with Crippen molar-refractivity contribution in [3.05, 3.63) is 24.3 Å². The molecule has 186 valence electrons. The molecule has 0 aromatic heterocycles. The monoisotopic (exact) mass is 557 g/mol. The largest absolute Gasteiger partial charge is 0.399 e. The van der Waals surface area contributed by atoms with Crippen molar-refractivity contribution in [3.63, 3.8) is 0 Å². The van der Waals surface area contributed by atoms with Gasteiger partial charge in [0.1, 0.15) is 0 Å². The molecule has 4 heteroatoms. The Labute approximate surface area is 216 Å². The van der Waals surface area contributed by atoms with Gasteiger partial charge in [-0.1, -0.05) is 90.4 Å². The fourth-order valence-corrected chi connectivity index (χ4v) is 5.31. The van der Waals surface area contributed by atoms with Gasteiger partial charge in [0.15, 0.2) is 0 Å². The molecule has 1 saturated heterocycles. The number of anilines is 2. The molecule has 0 aliphatic carbocycles. The van der Waals surface area contributed by atoms with Crippen molar-refractivity contribution in [2.45, 2.75) is 109 Å². The van der Waals surface area contributed by atoms with Crippen molar-refractivity contribution in [3.8, 4) is 0 Å². The highest BCUT2D eigenvalue weighted by Gasteiger charge is 2.30. The first-order valence-electron chi connectivity index (χ1n) is 13.4. The molecular weight excluding hydrogens is 505 g/mol. The van der Waals surface area contributed by atoms with Crippen LogP contribution in [-0.4, -0.2) is 38.1 Å².